The van der Waals surface area contributed by atoms with E-state index in [1.807, 2.05) is 13.8 Å². The van der Waals surface area contributed by atoms with Crippen molar-refractivity contribution in [3.8, 4) is 0 Å². The number of amides is 1. The molecule has 1 aliphatic heterocycles. The van der Waals surface area contributed by atoms with Crippen LogP contribution in [0.5, 0.6) is 0 Å². The van der Waals surface area contributed by atoms with Crippen molar-refractivity contribution in [1.29, 1.82) is 0 Å². The number of hydrogen-bond donors (Lipinski definition) is 3. The first-order chi connectivity index (χ1) is 7.15. The second-order valence-corrected chi connectivity index (χ2v) is 4.42. The Morgan fingerprint density at radius 2 is 2.07 bits per heavy atom. The van der Waals surface area contributed by atoms with Crippen LogP contribution >= 0.6 is 0 Å². The van der Waals surface area contributed by atoms with Gasteiger partial charge in [-0.25, -0.2) is 0 Å². The SMILES string of the molecule is CCC(CC)(CO)NC(=O)CC1CNC1. The normalized spacial score (nSPS) is 17.3. The quantitative estimate of drug-likeness (QED) is 0.594. The molecule has 1 rings (SSSR count). The van der Waals surface area contributed by atoms with Gasteiger partial charge < -0.3 is 15.7 Å². The molecule has 1 fully saturated rings. The van der Waals surface area contributed by atoms with Crippen LogP contribution in [0.1, 0.15) is 33.1 Å². The Labute approximate surface area is 91.4 Å². The lowest BCUT2D eigenvalue weighted by atomic mass is 9.92. The predicted octanol–water partition coefficient (Wildman–Crippen LogP) is 0.263. The maximum absolute atomic E-state index is 11.7. The number of aliphatic hydroxyl groups excluding tert-OH is 1. The van der Waals surface area contributed by atoms with Gasteiger partial charge in [0, 0.05) is 6.42 Å². The minimum Gasteiger partial charge on any atom is -0.394 e. The van der Waals surface area contributed by atoms with Gasteiger partial charge in [0.25, 0.3) is 0 Å². The zero-order valence-electron chi connectivity index (χ0n) is 9.68. The van der Waals surface area contributed by atoms with E-state index in [0.717, 1.165) is 25.9 Å². The third kappa shape index (κ3) is 3.18. The molecular weight excluding hydrogens is 192 g/mol. The van der Waals surface area contributed by atoms with E-state index in [-0.39, 0.29) is 12.5 Å². The smallest absolute Gasteiger partial charge is 0.220 e. The summed E-state index contributed by atoms with van der Waals surface area (Å²) < 4.78 is 0. The highest BCUT2D eigenvalue weighted by atomic mass is 16.3. The molecule has 1 saturated heterocycles. The summed E-state index contributed by atoms with van der Waals surface area (Å²) in [6.07, 6.45) is 2.12. The highest BCUT2D eigenvalue weighted by molar-refractivity contribution is 5.77. The zero-order valence-corrected chi connectivity index (χ0v) is 9.68. The lowest BCUT2D eigenvalue weighted by Gasteiger charge is -2.33. The molecule has 0 saturated carbocycles. The number of carbonyl (C=O) groups excluding carboxylic acids is 1. The molecule has 1 amide bonds. The van der Waals surface area contributed by atoms with Crippen LogP contribution in [0, 0.1) is 5.92 Å². The highest BCUT2D eigenvalue weighted by Crippen LogP contribution is 2.16. The molecule has 0 atom stereocenters. The van der Waals surface area contributed by atoms with E-state index in [4.69, 9.17) is 0 Å². The van der Waals surface area contributed by atoms with E-state index >= 15 is 0 Å². The van der Waals surface area contributed by atoms with Gasteiger partial charge in [0.15, 0.2) is 0 Å². The van der Waals surface area contributed by atoms with E-state index in [2.05, 4.69) is 10.6 Å². The Morgan fingerprint density at radius 1 is 1.47 bits per heavy atom. The lowest BCUT2D eigenvalue weighted by Crippen LogP contribution is -2.52. The number of nitrogens with one attached hydrogen (secondary N) is 2. The molecule has 3 N–H and O–H groups in total. The summed E-state index contributed by atoms with van der Waals surface area (Å²) in [7, 11) is 0. The molecule has 0 radical (unpaired) electrons. The number of hydrogen-bond acceptors (Lipinski definition) is 3. The molecule has 1 aliphatic rings. The van der Waals surface area contributed by atoms with Crippen LogP contribution in [0.3, 0.4) is 0 Å². The van der Waals surface area contributed by atoms with Crippen LogP contribution in [0.4, 0.5) is 0 Å². The van der Waals surface area contributed by atoms with Crippen LogP contribution < -0.4 is 10.6 Å². The fourth-order valence-electron chi connectivity index (χ4n) is 1.79. The Kier molecular flexibility index (Phi) is 4.54. The van der Waals surface area contributed by atoms with Crippen LogP contribution in [0.25, 0.3) is 0 Å². The molecule has 4 nitrogen and oxygen atoms in total. The van der Waals surface area contributed by atoms with E-state index in [1.165, 1.54) is 0 Å². The standard InChI is InChI=1S/C11H22N2O2/c1-3-11(4-2,8-14)13-10(15)5-9-6-12-7-9/h9,12,14H,3-8H2,1-2H3,(H,13,15). The number of aliphatic hydroxyl groups is 1. The first-order valence-electron chi connectivity index (χ1n) is 5.78. The number of rotatable bonds is 6. The molecule has 1 heterocycles. The van der Waals surface area contributed by atoms with E-state index < -0.39 is 5.54 Å². The summed E-state index contributed by atoms with van der Waals surface area (Å²) in [4.78, 5) is 11.7. The minimum atomic E-state index is -0.408. The second kappa shape index (κ2) is 5.47. The Morgan fingerprint density at radius 3 is 2.40 bits per heavy atom. The number of carbonyl (C=O) groups is 1. The average molecular weight is 214 g/mol. The van der Waals surface area contributed by atoms with Crippen LogP contribution in [0.15, 0.2) is 0 Å². The van der Waals surface area contributed by atoms with Crippen molar-refractivity contribution >= 4 is 5.91 Å². The van der Waals surface area contributed by atoms with Crippen molar-refractivity contribution in [2.75, 3.05) is 19.7 Å². The van der Waals surface area contributed by atoms with Crippen LogP contribution in [-0.4, -0.2) is 36.2 Å². The summed E-state index contributed by atoms with van der Waals surface area (Å²) in [5, 5.41) is 15.4. The molecule has 88 valence electrons. The molecule has 4 heteroatoms. The lowest BCUT2D eigenvalue weighted by molar-refractivity contribution is -0.125. The van der Waals surface area contributed by atoms with Gasteiger partial charge in [-0.3, -0.25) is 4.79 Å². The Balaban J connectivity index is 2.38. The first kappa shape index (κ1) is 12.5. The summed E-state index contributed by atoms with van der Waals surface area (Å²) in [5.41, 5.74) is -0.408. The largest absolute Gasteiger partial charge is 0.394 e. The Hall–Kier alpha value is -0.610. The molecule has 0 aromatic heterocycles. The van der Waals surface area contributed by atoms with E-state index in [9.17, 15) is 9.90 Å². The van der Waals surface area contributed by atoms with Crippen LogP contribution in [-0.2, 0) is 4.79 Å². The van der Waals surface area contributed by atoms with Gasteiger partial charge in [0.2, 0.25) is 5.91 Å². The van der Waals surface area contributed by atoms with Crippen molar-refractivity contribution in [1.82, 2.24) is 10.6 Å². The minimum absolute atomic E-state index is 0.0225. The topological polar surface area (TPSA) is 61.4 Å². The Bertz CT molecular complexity index is 202. The van der Waals surface area contributed by atoms with Gasteiger partial charge in [-0.15, -0.1) is 0 Å². The second-order valence-electron chi connectivity index (χ2n) is 4.42. The molecule has 0 bridgehead atoms. The molecule has 15 heavy (non-hydrogen) atoms. The average Bonchev–Trinajstić information content (AvgIpc) is 2.20. The maximum Gasteiger partial charge on any atom is 0.220 e. The van der Waals surface area contributed by atoms with Crippen molar-refractivity contribution in [2.24, 2.45) is 5.92 Å². The van der Waals surface area contributed by atoms with Gasteiger partial charge >= 0.3 is 0 Å². The first-order valence-corrected chi connectivity index (χ1v) is 5.78. The fourth-order valence-corrected chi connectivity index (χ4v) is 1.79. The van der Waals surface area contributed by atoms with Gasteiger partial charge in [-0.1, -0.05) is 13.8 Å². The van der Waals surface area contributed by atoms with Gasteiger partial charge in [-0.05, 0) is 31.8 Å². The molecule has 0 spiro atoms. The van der Waals surface area contributed by atoms with Gasteiger partial charge in [-0.2, -0.15) is 0 Å². The highest BCUT2D eigenvalue weighted by Gasteiger charge is 2.29. The van der Waals surface area contributed by atoms with Gasteiger partial charge in [0.05, 0.1) is 12.1 Å². The van der Waals surface area contributed by atoms with Gasteiger partial charge in [0.1, 0.15) is 0 Å². The molecular formula is C11H22N2O2. The van der Waals surface area contributed by atoms with Crippen LogP contribution in [0.2, 0.25) is 0 Å². The summed E-state index contributed by atoms with van der Waals surface area (Å²) in [5.74, 6) is 0.550. The molecule has 0 aromatic carbocycles. The predicted molar refractivity (Wildman–Crippen MR) is 59.5 cm³/mol. The van der Waals surface area contributed by atoms with E-state index in [1.54, 1.807) is 0 Å². The monoisotopic (exact) mass is 214 g/mol. The molecule has 0 aromatic rings. The van der Waals surface area contributed by atoms with Crippen molar-refractivity contribution < 1.29 is 9.90 Å². The van der Waals surface area contributed by atoms with Crippen molar-refractivity contribution in [3.05, 3.63) is 0 Å². The fraction of sp³-hybridized carbons (Fsp3) is 0.909. The summed E-state index contributed by atoms with van der Waals surface area (Å²) in [6, 6.07) is 0. The third-order valence-electron chi connectivity index (χ3n) is 3.40. The summed E-state index contributed by atoms with van der Waals surface area (Å²) >= 11 is 0. The summed E-state index contributed by atoms with van der Waals surface area (Å²) in [6.45, 7) is 5.89. The molecule has 0 aliphatic carbocycles. The third-order valence-corrected chi connectivity index (χ3v) is 3.40. The maximum atomic E-state index is 11.7. The molecule has 0 unspecified atom stereocenters. The van der Waals surface area contributed by atoms with E-state index in [0.29, 0.717) is 12.3 Å². The van der Waals surface area contributed by atoms with Crippen molar-refractivity contribution in [2.45, 2.75) is 38.6 Å². The zero-order chi connectivity index (χ0) is 11.3. The van der Waals surface area contributed by atoms with Crippen molar-refractivity contribution in [3.63, 3.8) is 0 Å².